The molecule has 2 N–H and O–H groups in total. The highest BCUT2D eigenvalue weighted by molar-refractivity contribution is 5.89. The zero-order valence-corrected chi connectivity index (χ0v) is 14.8. The summed E-state index contributed by atoms with van der Waals surface area (Å²) in [7, 11) is 0. The van der Waals surface area contributed by atoms with Gasteiger partial charge < -0.3 is 14.8 Å². The molecule has 1 saturated heterocycles. The number of hydrogen-bond donors (Lipinski definition) is 2. The maximum absolute atomic E-state index is 12.2. The Hall–Kier alpha value is -1.89. The van der Waals surface area contributed by atoms with Crippen LogP contribution in [0.2, 0.25) is 0 Å². The Balaban J connectivity index is 1.50. The number of rotatable bonds is 6. The van der Waals surface area contributed by atoms with Gasteiger partial charge in [0.25, 0.3) is 0 Å². The summed E-state index contributed by atoms with van der Waals surface area (Å²) in [6.45, 7) is 9.63. The molecule has 3 rings (SSSR count). The molecular formula is C17H26N4O3. The topological polar surface area (TPSA) is 85.4 Å². The summed E-state index contributed by atoms with van der Waals surface area (Å²) in [5, 5.41) is 13.7. The SMILES string of the molecule is CC(C)CCOc1ccc(NC(=O)NC23CC2COC3(C)C)nn1. The van der Waals surface area contributed by atoms with Gasteiger partial charge in [-0.05, 0) is 38.7 Å². The molecule has 0 spiro atoms. The van der Waals surface area contributed by atoms with Gasteiger partial charge >= 0.3 is 6.03 Å². The largest absolute Gasteiger partial charge is 0.477 e. The van der Waals surface area contributed by atoms with Crippen LogP contribution in [0.4, 0.5) is 10.6 Å². The van der Waals surface area contributed by atoms with E-state index in [0.29, 0.717) is 36.7 Å². The Labute approximate surface area is 142 Å². The molecule has 2 unspecified atom stereocenters. The highest BCUT2D eigenvalue weighted by Crippen LogP contribution is 2.57. The summed E-state index contributed by atoms with van der Waals surface area (Å²) < 4.78 is 11.3. The normalized spacial score (nSPS) is 26.8. The van der Waals surface area contributed by atoms with E-state index < -0.39 is 0 Å². The molecule has 2 heterocycles. The van der Waals surface area contributed by atoms with Crippen LogP contribution in [0.15, 0.2) is 12.1 Å². The van der Waals surface area contributed by atoms with E-state index in [2.05, 4.69) is 34.7 Å². The van der Waals surface area contributed by atoms with Gasteiger partial charge in [-0.2, -0.15) is 0 Å². The summed E-state index contributed by atoms with van der Waals surface area (Å²) in [5.74, 6) is 1.85. The van der Waals surface area contributed by atoms with Crippen LogP contribution < -0.4 is 15.4 Å². The van der Waals surface area contributed by atoms with Crippen LogP contribution in [0.3, 0.4) is 0 Å². The van der Waals surface area contributed by atoms with Crippen molar-refractivity contribution in [3.63, 3.8) is 0 Å². The fourth-order valence-electron chi connectivity index (χ4n) is 3.22. The smallest absolute Gasteiger partial charge is 0.320 e. The number of nitrogens with zero attached hydrogens (tertiary/aromatic N) is 2. The minimum atomic E-state index is -0.338. The van der Waals surface area contributed by atoms with Crippen LogP contribution in [0.1, 0.15) is 40.5 Å². The number of carbonyl (C=O) groups is 1. The van der Waals surface area contributed by atoms with Crippen LogP contribution in [-0.2, 0) is 4.74 Å². The zero-order chi connectivity index (χ0) is 17.4. The lowest BCUT2D eigenvalue weighted by Gasteiger charge is -2.30. The monoisotopic (exact) mass is 334 g/mol. The fourth-order valence-corrected chi connectivity index (χ4v) is 3.22. The highest BCUT2D eigenvalue weighted by atomic mass is 16.5. The average Bonchev–Trinajstić information content (AvgIpc) is 3.15. The number of amides is 2. The second-order valence-corrected chi connectivity index (χ2v) is 7.56. The van der Waals surface area contributed by atoms with Crippen molar-refractivity contribution in [1.82, 2.24) is 15.5 Å². The van der Waals surface area contributed by atoms with E-state index in [9.17, 15) is 4.79 Å². The second kappa shape index (κ2) is 6.20. The molecule has 2 amide bonds. The number of fused-ring (bicyclic) bond motifs is 1. The van der Waals surface area contributed by atoms with Gasteiger partial charge in [0.15, 0.2) is 5.82 Å². The lowest BCUT2D eigenvalue weighted by Crippen LogP contribution is -2.52. The maximum atomic E-state index is 12.2. The van der Waals surface area contributed by atoms with E-state index in [1.807, 2.05) is 13.8 Å². The minimum absolute atomic E-state index is 0.260. The second-order valence-electron chi connectivity index (χ2n) is 7.56. The Kier molecular flexibility index (Phi) is 4.38. The minimum Gasteiger partial charge on any atom is -0.477 e. The van der Waals surface area contributed by atoms with Crippen LogP contribution in [0.25, 0.3) is 0 Å². The van der Waals surface area contributed by atoms with E-state index in [4.69, 9.17) is 9.47 Å². The predicted molar refractivity (Wildman–Crippen MR) is 90.0 cm³/mol. The number of nitrogens with one attached hydrogen (secondary N) is 2. The van der Waals surface area contributed by atoms with Gasteiger partial charge in [-0.15, -0.1) is 10.2 Å². The Bertz CT molecular complexity index is 602. The summed E-state index contributed by atoms with van der Waals surface area (Å²) in [6.07, 6.45) is 1.92. The van der Waals surface area contributed by atoms with Gasteiger partial charge in [0.2, 0.25) is 5.88 Å². The van der Waals surface area contributed by atoms with E-state index in [0.717, 1.165) is 12.8 Å². The van der Waals surface area contributed by atoms with Gasteiger partial charge in [0.05, 0.1) is 24.4 Å². The Morgan fingerprint density at radius 2 is 2.21 bits per heavy atom. The maximum Gasteiger partial charge on any atom is 0.320 e. The molecule has 0 aromatic carbocycles. The number of aromatic nitrogens is 2. The molecule has 2 aliphatic rings. The third-order valence-electron chi connectivity index (χ3n) is 4.99. The molecule has 2 atom stereocenters. The van der Waals surface area contributed by atoms with E-state index >= 15 is 0 Å². The number of carbonyl (C=O) groups excluding carboxylic acids is 1. The molecule has 132 valence electrons. The van der Waals surface area contributed by atoms with Crippen molar-refractivity contribution in [2.45, 2.75) is 51.7 Å². The molecule has 7 heteroatoms. The van der Waals surface area contributed by atoms with Crippen LogP contribution in [0, 0.1) is 11.8 Å². The van der Waals surface area contributed by atoms with E-state index in [1.165, 1.54) is 0 Å². The summed E-state index contributed by atoms with van der Waals surface area (Å²) >= 11 is 0. The third kappa shape index (κ3) is 3.31. The van der Waals surface area contributed by atoms with Gasteiger partial charge in [-0.1, -0.05) is 13.8 Å². The Morgan fingerprint density at radius 3 is 2.75 bits per heavy atom. The predicted octanol–water partition coefficient (Wildman–Crippen LogP) is 2.59. The van der Waals surface area contributed by atoms with Crippen LogP contribution in [-0.4, -0.2) is 40.6 Å². The van der Waals surface area contributed by atoms with Crippen LogP contribution in [0.5, 0.6) is 5.88 Å². The van der Waals surface area contributed by atoms with Crippen molar-refractivity contribution in [3.8, 4) is 5.88 Å². The van der Waals surface area contributed by atoms with Crippen molar-refractivity contribution < 1.29 is 14.3 Å². The first-order valence-corrected chi connectivity index (χ1v) is 8.52. The van der Waals surface area contributed by atoms with Crippen molar-refractivity contribution >= 4 is 11.8 Å². The number of urea groups is 1. The fraction of sp³-hybridized carbons (Fsp3) is 0.706. The number of anilines is 1. The molecule has 1 aliphatic heterocycles. The molecule has 0 bridgehead atoms. The molecule has 0 radical (unpaired) electrons. The standard InChI is InChI=1S/C17H26N4O3/c1-11(2)7-8-23-14-6-5-13(20-21-14)18-15(22)19-17-9-12(17)10-24-16(17,3)4/h5-6,11-12H,7-10H2,1-4H3,(H2,18,19,20,22). The van der Waals surface area contributed by atoms with E-state index in [1.54, 1.807) is 12.1 Å². The summed E-state index contributed by atoms with van der Waals surface area (Å²) in [6, 6.07) is 3.12. The molecule has 1 saturated carbocycles. The first-order valence-electron chi connectivity index (χ1n) is 8.52. The van der Waals surface area contributed by atoms with Crippen molar-refractivity contribution in [2.24, 2.45) is 11.8 Å². The Morgan fingerprint density at radius 1 is 1.42 bits per heavy atom. The molecular weight excluding hydrogens is 308 g/mol. The highest BCUT2D eigenvalue weighted by Gasteiger charge is 2.69. The summed E-state index contributed by atoms with van der Waals surface area (Å²) in [4.78, 5) is 12.2. The molecule has 7 nitrogen and oxygen atoms in total. The molecule has 1 aromatic heterocycles. The van der Waals surface area contributed by atoms with Gasteiger partial charge in [0.1, 0.15) is 0 Å². The number of hydrogen-bond acceptors (Lipinski definition) is 5. The van der Waals surface area contributed by atoms with Gasteiger partial charge in [0, 0.05) is 12.0 Å². The number of ether oxygens (including phenoxy) is 2. The first kappa shape index (κ1) is 17.0. The van der Waals surface area contributed by atoms with Crippen molar-refractivity contribution in [3.05, 3.63) is 12.1 Å². The molecule has 1 aromatic rings. The first-order chi connectivity index (χ1) is 11.3. The molecule has 24 heavy (non-hydrogen) atoms. The lowest BCUT2D eigenvalue weighted by molar-refractivity contribution is -0.00667. The van der Waals surface area contributed by atoms with Gasteiger partial charge in [-0.3, -0.25) is 5.32 Å². The molecule has 2 fully saturated rings. The molecule has 1 aliphatic carbocycles. The third-order valence-corrected chi connectivity index (χ3v) is 4.99. The van der Waals surface area contributed by atoms with Crippen LogP contribution >= 0.6 is 0 Å². The van der Waals surface area contributed by atoms with E-state index in [-0.39, 0.29) is 17.2 Å². The average molecular weight is 334 g/mol. The quantitative estimate of drug-likeness (QED) is 0.835. The summed E-state index contributed by atoms with van der Waals surface area (Å²) in [5.41, 5.74) is -0.598. The zero-order valence-electron chi connectivity index (χ0n) is 14.8. The lowest BCUT2D eigenvalue weighted by atomic mass is 9.96. The van der Waals surface area contributed by atoms with Gasteiger partial charge in [-0.25, -0.2) is 4.79 Å². The van der Waals surface area contributed by atoms with Crippen molar-refractivity contribution in [1.29, 1.82) is 0 Å². The van der Waals surface area contributed by atoms with Crippen molar-refractivity contribution in [2.75, 3.05) is 18.5 Å².